The van der Waals surface area contributed by atoms with Crippen molar-refractivity contribution in [2.24, 2.45) is 17.6 Å². The molecule has 6 atom stereocenters. The molecule has 0 radical (unpaired) electrons. The zero-order valence-corrected chi connectivity index (χ0v) is 25.9. The lowest BCUT2D eigenvalue weighted by atomic mass is 9.82. The van der Waals surface area contributed by atoms with Crippen LogP contribution in [-0.4, -0.2) is 60.5 Å². The average Bonchev–Trinajstić information content (AvgIpc) is 2.88. The van der Waals surface area contributed by atoms with Gasteiger partial charge in [0.05, 0.1) is 6.61 Å². The molecule has 0 aliphatic carbocycles. The number of carboxylic acids is 1. The van der Waals surface area contributed by atoms with Crippen LogP contribution in [0.25, 0.3) is 0 Å². The number of hydrogen-bond donors (Lipinski definition) is 2. The molecule has 0 spiro atoms. The minimum absolute atomic E-state index is 0.0751. The third-order valence-electron chi connectivity index (χ3n) is 6.69. The number of nitrogens with two attached hydrogens (primary N) is 1. The summed E-state index contributed by atoms with van der Waals surface area (Å²) in [5.41, 5.74) is 6.39. The minimum atomic E-state index is -1.43. The van der Waals surface area contributed by atoms with Crippen LogP contribution in [0.4, 0.5) is 14.4 Å². The van der Waals surface area contributed by atoms with E-state index in [0.717, 1.165) is 12.8 Å². The van der Waals surface area contributed by atoms with Gasteiger partial charge in [-0.1, -0.05) is 53.5 Å². The fourth-order valence-corrected chi connectivity index (χ4v) is 4.05. The molecular formula is C30H47NO11. The number of benzene rings is 1. The van der Waals surface area contributed by atoms with Crippen molar-refractivity contribution in [2.45, 2.75) is 111 Å². The van der Waals surface area contributed by atoms with Gasteiger partial charge in [-0.15, -0.1) is 0 Å². The third-order valence-corrected chi connectivity index (χ3v) is 6.69. The van der Waals surface area contributed by atoms with E-state index < -0.39 is 54.5 Å². The van der Waals surface area contributed by atoms with Gasteiger partial charge in [-0.3, -0.25) is 4.79 Å². The molecule has 0 aliphatic rings. The van der Waals surface area contributed by atoms with Gasteiger partial charge in [-0.2, -0.15) is 0 Å². The van der Waals surface area contributed by atoms with Gasteiger partial charge in [-0.25, -0.2) is 14.4 Å². The molecule has 1 rings (SSSR count). The van der Waals surface area contributed by atoms with Gasteiger partial charge < -0.3 is 39.3 Å². The summed E-state index contributed by atoms with van der Waals surface area (Å²) in [6.45, 7) is 14.3. The second-order valence-corrected chi connectivity index (χ2v) is 10.8. The van der Waals surface area contributed by atoms with E-state index in [2.05, 4.69) is 0 Å². The summed E-state index contributed by atoms with van der Waals surface area (Å²) >= 11 is 0. The molecule has 0 fully saturated rings. The molecule has 238 valence electrons. The first-order chi connectivity index (χ1) is 19.7. The summed E-state index contributed by atoms with van der Waals surface area (Å²) in [4.78, 5) is 49.1. The minimum Gasteiger partial charge on any atom is -0.480 e. The number of rotatable bonds is 16. The SMILES string of the molecule is CCCC(C)OC(=O)Oc1ccc(C(C(C)COC(=O)OC(C)C(C)C)[C@H](N)C(=O)O)cc1OC(=O)OC(C)CCC. The van der Waals surface area contributed by atoms with Crippen LogP contribution in [-0.2, 0) is 23.7 Å². The standard InChI is InChI=1S/C30H47NO11/c1-9-11-19(6)38-29(35)41-23-14-13-22(15-24(23)42-30(36)39-20(7)12-10-2)25(26(31)27(32)33)18(5)16-37-28(34)40-21(8)17(3)4/h13-15,17-21,25-26H,9-12,16,31H2,1-8H3,(H,32,33)/t18?,19?,20?,21?,25?,26-/m0/s1. The first kappa shape index (κ1) is 36.5. The molecule has 42 heavy (non-hydrogen) atoms. The van der Waals surface area contributed by atoms with Crippen LogP contribution in [0.2, 0.25) is 0 Å². The van der Waals surface area contributed by atoms with Crippen molar-refractivity contribution in [3.8, 4) is 11.5 Å². The smallest absolute Gasteiger partial charge is 0.480 e. The molecule has 1 aromatic carbocycles. The summed E-state index contributed by atoms with van der Waals surface area (Å²) in [6, 6.07) is 2.74. The number of aliphatic carboxylic acids is 1. The Morgan fingerprint density at radius 2 is 1.31 bits per heavy atom. The van der Waals surface area contributed by atoms with Crippen molar-refractivity contribution < 1.29 is 52.7 Å². The van der Waals surface area contributed by atoms with Crippen LogP contribution >= 0.6 is 0 Å². The highest BCUT2D eigenvalue weighted by atomic mass is 16.8. The van der Waals surface area contributed by atoms with Gasteiger partial charge in [0.15, 0.2) is 11.5 Å². The molecule has 0 amide bonds. The lowest BCUT2D eigenvalue weighted by Crippen LogP contribution is -2.40. The molecule has 12 heteroatoms. The first-order valence-electron chi connectivity index (χ1n) is 14.4. The van der Waals surface area contributed by atoms with E-state index in [9.17, 15) is 24.3 Å². The number of ether oxygens (including phenoxy) is 6. The molecular weight excluding hydrogens is 550 g/mol. The second-order valence-electron chi connectivity index (χ2n) is 10.8. The number of carbonyl (C=O) groups excluding carboxylic acids is 3. The van der Waals surface area contributed by atoms with Crippen molar-refractivity contribution in [1.82, 2.24) is 0 Å². The maximum Gasteiger partial charge on any atom is 0.514 e. The predicted octanol–water partition coefficient (Wildman–Crippen LogP) is 6.42. The topological polar surface area (TPSA) is 170 Å². The van der Waals surface area contributed by atoms with Crippen molar-refractivity contribution in [2.75, 3.05) is 6.61 Å². The summed E-state index contributed by atoms with van der Waals surface area (Å²) < 4.78 is 31.7. The van der Waals surface area contributed by atoms with Crippen LogP contribution in [0.15, 0.2) is 18.2 Å². The van der Waals surface area contributed by atoms with Crippen molar-refractivity contribution in [3.63, 3.8) is 0 Å². The molecule has 0 aromatic heterocycles. The Kier molecular flexibility index (Phi) is 15.7. The van der Waals surface area contributed by atoms with Crippen molar-refractivity contribution in [3.05, 3.63) is 23.8 Å². The van der Waals surface area contributed by atoms with Crippen LogP contribution in [0.5, 0.6) is 11.5 Å². The lowest BCUT2D eigenvalue weighted by Gasteiger charge is -2.28. The van der Waals surface area contributed by atoms with E-state index in [4.69, 9.17) is 34.2 Å². The van der Waals surface area contributed by atoms with Gasteiger partial charge in [0.25, 0.3) is 0 Å². The Labute approximate surface area is 248 Å². The van der Waals surface area contributed by atoms with Crippen LogP contribution in [0, 0.1) is 11.8 Å². The molecule has 3 N–H and O–H groups in total. The molecule has 0 bridgehead atoms. The quantitative estimate of drug-likeness (QED) is 0.122. The van der Waals surface area contributed by atoms with E-state index in [1.165, 1.54) is 18.2 Å². The zero-order chi connectivity index (χ0) is 32.0. The van der Waals surface area contributed by atoms with E-state index in [1.807, 2.05) is 27.7 Å². The van der Waals surface area contributed by atoms with E-state index in [1.54, 1.807) is 27.7 Å². The molecule has 5 unspecified atom stereocenters. The summed E-state index contributed by atoms with van der Waals surface area (Å²) in [6.07, 6.45) is -1.35. The highest BCUT2D eigenvalue weighted by Crippen LogP contribution is 2.36. The Morgan fingerprint density at radius 1 is 0.786 bits per heavy atom. The largest absolute Gasteiger partial charge is 0.514 e. The molecule has 1 aromatic rings. The monoisotopic (exact) mass is 597 g/mol. The highest BCUT2D eigenvalue weighted by molar-refractivity contribution is 5.75. The Balaban J connectivity index is 3.33. The van der Waals surface area contributed by atoms with Gasteiger partial charge >= 0.3 is 24.4 Å². The van der Waals surface area contributed by atoms with Crippen LogP contribution in [0.3, 0.4) is 0 Å². The van der Waals surface area contributed by atoms with Gasteiger partial charge in [0.1, 0.15) is 24.4 Å². The summed E-state index contributed by atoms with van der Waals surface area (Å²) in [7, 11) is 0. The summed E-state index contributed by atoms with van der Waals surface area (Å²) in [5.74, 6) is -3.11. The number of carboxylic acid groups (broad SMARTS) is 1. The van der Waals surface area contributed by atoms with E-state index in [-0.39, 0.29) is 30.1 Å². The van der Waals surface area contributed by atoms with Gasteiger partial charge in [0.2, 0.25) is 0 Å². The van der Waals surface area contributed by atoms with Crippen LogP contribution in [0.1, 0.15) is 92.6 Å². The lowest BCUT2D eigenvalue weighted by molar-refractivity contribution is -0.139. The van der Waals surface area contributed by atoms with Gasteiger partial charge in [-0.05, 0) is 63.1 Å². The molecule has 12 nitrogen and oxygen atoms in total. The van der Waals surface area contributed by atoms with Crippen molar-refractivity contribution >= 4 is 24.4 Å². The Bertz CT molecular complexity index is 1030. The molecule has 0 saturated heterocycles. The van der Waals surface area contributed by atoms with Crippen molar-refractivity contribution in [1.29, 1.82) is 0 Å². The fraction of sp³-hybridized carbons (Fsp3) is 0.667. The predicted molar refractivity (Wildman–Crippen MR) is 154 cm³/mol. The van der Waals surface area contributed by atoms with Gasteiger partial charge in [0, 0.05) is 5.92 Å². The first-order valence-corrected chi connectivity index (χ1v) is 14.4. The fourth-order valence-electron chi connectivity index (χ4n) is 4.05. The molecule has 0 aliphatic heterocycles. The highest BCUT2D eigenvalue weighted by Gasteiger charge is 2.33. The Hall–Kier alpha value is -3.54. The molecule has 0 heterocycles. The van der Waals surface area contributed by atoms with Crippen LogP contribution < -0.4 is 15.2 Å². The maximum atomic E-state index is 12.6. The summed E-state index contributed by atoms with van der Waals surface area (Å²) in [5, 5.41) is 9.74. The number of hydrogen-bond acceptors (Lipinski definition) is 11. The third kappa shape index (κ3) is 12.5. The normalized spacial score (nSPS) is 15.4. The second kappa shape index (κ2) is 18.1. The zero-order valence-electron chi connectivity index (χ0n) is 25.9. The van der Waals surface area contributed by atoms with E-state index >= 15 is 0 Å². The maximum absolute atomic E-state index is 12.6. The number of carbonyl (C=O) groups is 4. The molecule has 0 saturated carbocycles. The average molecular weight is 598 g/mol. The Morgan fingerprint density at radius 3 is 1.79 bits per heavy atom. The van der Waals surface area contributed by atoms with E-state index in [0.29, 0.717) is 18.4 Å².